The molecular weight excluding hydrogens is 508 g/mol. The van der Waals surface area contributed by atoms with Crippen LogP contribution in [0.1, 0.15) is 29.1 Å². The molecule has 3 rings (SSSR count). The molecule has 1 N–H and O–H groups in total. The minimum Gasteiger partial charge on any atom is -0.459 e. The van der Waals surface area contributed by atoms with Gasteiger partial charge in [0, 0.05) is 25.9 Å². The van der Waals surface area contributed by atoms with Gasteiger partial charge in [0.25, 0.3) is 5.56 Å². The number of esters is 1. The fourth-order valence-corrected chi connectivity index (χ4v) is 6.02. The van der Waals surface area contributed by atoms with Gasteiger partial charge in [-0.15, -0.1) is 11.3 Å². The highest BCUT2D eigenvalue weighted by Gasteiger charge is 2.22. The lowest BCUT2D eigenvalue weighted by Crippen LogP contribution is -2.30. The zero-order valence-electron chi connectivity index (χ0n) is 20.4. The summed E-state index contributed by atoms with van der Waals surface area (Å²) in [4.78, 5) is 42.9. The molecule has 0 aliphatic carbocycles. The van der Waals surface area contributed by atoms with Crippen molar-refractivity contribution >= 4 is 49.1 Å². The number of fused-ring (bicyclic) bond motifs is 1. The van der Waals surface area contributed by atoms with Gasteiger partial charge >= 0.3 is 5.97 Å². The smallest absolute Gasteiger partial charge is 0.348 e. The average molecular weight is 537 g/mol. The molecule has 0 bridgehead atoms. The molecule has 2 heterocycles. The zero-order valence-corrected chi connectivity index (χ0v) is 22.1. The summed E-state index contributed by atoms with van der Waals surface area (Å²) in [6.45, 7) is 5.88. The highest BCUT2D eigenvalue weighted by Crippen LogP contribution is 2.27. The molecule has 0 saturated carbocycles. The first kappa shape index (κ1) is 27.5. The van der Waals surface area contributed by atoms with Crippen LogP contribution in [0.5, 0.6) is 0 Å². The number of carbonyl (C=O) groups is 2. The Labute approximate surface area is 212 Å². The first-order valence-electron chi connectivity index (χ1n) is 11.2. The summed E-state index contributed by atoms with van der Waals surface area (Å²) in [6, 6.07) is 5.82. The highest BCUT2D eigenvalue weighted by atomic mass is 32.2. The van der Waals surface area contributed by atoms with Crippen molar-refractivity contribution in [2.24, 2.45) is 0 Å². The van der Waals surface area contributed by atoms with Crippen LogP contribution in [-0.2, 0) is 30.8 Å². The van der Waals surface area contributed by atoms with E-state index in [1.165, 1.54) is 42.0 Å². The predicted molar refractivity (Wildman–Crippen MR) is 136 cm³/mol. The third kappa shape index (κ3) is 5.81. The van der Waals surface area contributed by atoms with Crippen LogP contribution in [0.3, 0.4) is 0 Å². The van der Waals surface area contributed by atoms with Gasteiger partial charge < -0.3 is 14.8 Å². The predicted octanol–water partition coefficient (Wildman–Crippen LogP) is 2.24. The van der Waals surface area contributed by atoms with Gasteiger partial charge in [-0.05, 0) is 36.8 Å². The van der Waals surface area contributed by atoms with Crippen molar-refractivity contribution in [1.29, 1.82) is 0 Å². The Hall–Kier alpha value is -3.13. The average Bonchev–Trinajstić information content (AvgIpc) is 3.19. The van der Waals surface area contributed by atoms with Crippen molar-refractivity contribution in [3.8, 4) is 0 Å². The van der Waals surface area contributed by atoms with Gasteiger partial charge in [0.1, 0.15) is 22.9 Å². The number of nitrogens with one attached hydrogen (secondary N) is 1. The van der Waals surface area contributed by atoms with Crippen molar-refractivity contribution in [2.45, 2.75) is 32.2 Å². The van der Waals surface area contributed by atoms with Crippen LogP contribution in [0.2, 0.25) is 0 Å². The van der Waals surface area contributed by atoms with Crippen LogP contribution in [0.4, 0.5) is 5.69 Å². The lowest BCUT2D eigenvalue weighted by molar-refractivity contribution is -0.116. The Kier molecular flexibility index (Phi) is 8.95. The van der Waals surface area contributed by atoms with Gasteiger partial charge in [-0.25, -0.2) is 18.2 Å². The van der Waals surface area contributed by atoms with Crippen LogP contribution >= 0.6 is 11.3 Å². The van der Waals surface area contributed by atoms with Crippen LogP contribution in [0.25, 0.3) is 10.2 Å². The Morgan fingerprint density at radius 3 is 2.42 bits per heavy atom. The summed E-state index contributed by atoms with van der Waals surface area (Å²) in [5.41, 5.74) is 0.364. The second-order valence-corrected chi connectivity index (χ2v) is 10.6. The van der Waals surface area contributed by atoms with Gasteiger partial charge in [-0.2, -0.15) is 4.31 Å². The number of thiophene rings is 1. The van der Waals surface area contributed by atoms with E-state index in [9.17, 15) is 22.8 Å². The van der Waals surface area contributed by atoms with Crippen molar-refractivity contribution in [1.82, 2.24) is 13.9 Å². The number of hydrogen-bond donors (Lipinski definition) is 1. The number of aromatic nitrogens is 2. The summed E-state index contributed by atoms with van der Waals surface area (Å²) in [7, 11) is -2.11. The molecule has 3 aromatic rings. The van der Waals surface area contributed by atoms with Gasteiger partial charge in [-0.3, -0.25) is 14.2 Å². The van der Waals surface area contributed by atoms with E-state index in [1.54, 1.807) is 20.8 Å². The molecule has 11 nitrogen and oxygen atoms in total. The first-order valence-corrected chi connectivity index (χ1v) is 13.4. The van der Waals surface area contributed by atoms with Crippen LogP contribution in [0.15, 0.2) is 40.3 Å². The molecule has 0 unspecified atom stereocenters. The molecule has 0 saturated heterocycles. The molecule has 0 fully saturated rings. The van der Waals surface area contributed by atoms with Crippen molar-refractivity contribution < 1.29 is 27.5 Å². The molecule has 194 valence electrons. The largest absolute Gasteiger partial charge is 0.459 e. The number of rotatable bonds is 11. The number of nitrogens with zero attached hydrogens (tertiary/aromatic N) is 3. The molecule has 36 heavy (non-hydrogen) atoms. The van der Waals surface area contributed by atoms with E-state index in [2.05, 4.69) is 10.3 Å². The maximum Gasteiger partial charge on any atom is 0.348 e. The maximum absolute atomic E-state index is 13.0. The number of carbonyl (C=O) groups excluding carboxylic acids is 2. The summed E-state index contributed by atoms with van der Waals surface area (Å²) < 4.78 is 37.7. The van der Waals surface area contributed by atoms with E-state index in [1.807, 2.05) is 0 Å². The fraction of sp³-hybridized carbons (Fsp3) is 0.391. The van der Waals surface area contributed by atoms with Crippen LogP contribution in [-0.4, -0.2) is 67.6 Å². The molecule has 1 amide bonds. The SMILES string of the molecule is CCN(CC)S(=O)(=O)c1ccc(NC(=O)Cn2cnc3sc(C(=O)OCCOC)c(C)c3c2=O)cc1. The van der Waals surface area contributed by atoms with E-state index in [0.717, 1.165) is 15.9 Å². The second-order valence-electron chi connectivity index (χ2n) is 7.70. The number of ether oxygens (including phenoxy) is 2. The number of anilines is 1. The first-order chi connectivity index (χ1) is 17.1. The van der Waals surface area contributed by atoms with Crippen molar-refractivity contribution in [3.05, 3.63) is 51.4 Å². The van der Waals surface area contributed by atoms with Crippen molar-refractivity contribution in [3.63, 3.8) is 0 Å². The topological polar surface area (TPSA) is 137 Å². The number of hydrogen-bond acceptors (Lipinski definition) is 9. The quantitative estimate of drug-likeness (QED) is 0.291. The Bertz CT molecular complexity index is 1410. The molecule has 13 heteroatoms. The summed E-state index contributed by atoms with van der Waals surface area (Å²) in [5.74, 6) is -1.06. The highest BCUT2D eigenvalue weighted by molar-refractivity contribution is 7.89. The molecule has 1 aromatic carbocycles. The van der Waals surface area contributed by atoms with Crippen LogP contribution < -0.4 is 10.9 Å². The van der Waals surface area contributed by atoms with E-state index in [4.69, 9.17) is 9.47 Å². The minimum absolute atomic E-state index is 0.0865. The number of sulfonamides is 1. The summed E-state index contributed by atoms with van der Waals surface area (Å²) in [6.07, 6.45) is 1.25. The number of amides is 1. The summed E-state index contributed by atoms with van der Waals surface area (Å²) in [5, 5.41) is 2.90. The number of benzene rings is 1. The minimum atomic E-state index is -3.61. The van der Waals surface area contributed by atoms with Gasteiger partial charge in [-0.1, -0.05) is 13.8 Å². The monoisotopic (exact) mass is 536 g/mol. The van der Waals surface area contributed by atoms with E-state index in [0.29, 0.717) is 29.2 Å². The van der Waals surface area contributed by atoms with E-state index >= 15 is 0 Å². The van der Waals surface area contributed by atoms with Crippen LogP contribution in [0, 0.1) is 6.92 Å². The number of aryl methyl sites for hydroxylation is 1. The molecule has 0 radical (unpaired) electrons. The number of methoxy groups -OCH3 is 1. The zero-order chi connectivity index (χ0) is 26.5. The normalized spacial score (nSPS) is 11.7. The molecule has 0 aliphatic rings. The van der Waals surface area contributed by atoms with E-state index < -0.39 is 27.5 Å². The van der Waals surface area contributed by atoms with Gasteiger partial charge in [0.2, 0.25) is 15.9 Å². The molecular formula is C23H28N4O7S2. The summed E-state index contributed by atoms with van der Waals surface area (Å²) >= 11 is 1.05. The lowest BCUT2D eigenvalue weighted by Gasteiger charge is -2.18. The third-order valence-electron chi connectivity index (χ3n) is 5.42. The Morgan fingerprint density at radius 1 is 1.14 bits per heavy atom. The standard InChI is InChI=1S/C23H28N4O7S2/c1-5-27(6-2)36(31,32)17-9-7-16(8-10-17)25-18(28)13-26-14-24-21-19(22(26)29)15(3)20(35-21)23(30)34-12-11-33-4/h7-10,14H,5-6,11-13H2,1-4H3,(H,25,28). The maximum atomic E-state index is 13.0. The second kappa shape index (κ2) is 11.7. The lowest BCUT2D eigenvalue weighted by atomic mass is 10.2. The molecule has 0 atom stereocenters. The molecule has 0 spiro atoms. The van der Waals surface area contributed by atoms with Gasteiger partial charge in [0.15, 0.2) is 0 Å². The third-order valence-corrected chi connectivity index (χ3v) is 8.66. The van der Waals surface area contributed by atoms with Crippen molar-refractivity contribution in [2.75, 3.05) is 38.7 Å². The molecule has 2 aromatic heterocycles. The molecule has 0 aliphatic heterocycles. The van der Waals surface area contributed by atoms with Gasteiger partial charge in [0.05, 0.1) is 23.2 Å². The van der Waals surface area contributed by atoms with E-state index in [-0.39, 0.29) is 34.9 Å². The Balaban J connectivity index is 1.75. The Morgan fingerprint density at radius 2 is 1.81 bits per heavy atom. The fourth-order valence-electron chi connectivity index (χ4n) is 3.53.